The van der Waals surface area contributed by atoms with Gasteiger partial charge in [0.25, 0.3) is 0 Å². The van der Waals surface area contributed by atoms with Crippen LogP contribution in [0.3, 0.4) is 0 Å². The van der Waals surface area contributed by atoms with Gasteiger partial charge in [-0.2, -0.15) is 4.37 Å². The van der Waals surface area contributed by atoms with E-state index in [4.69, 9.17) is 10.9 Å². The average molecular weight is 345 g/mol. The molecular formula is C10H9BrN4OS2. The predicted octanol–water partition coefficient (Wildman–Crippen LogP) is 2.85. The zero-order chi connectivity index (χ0) is 13.1. The molecule has 3 N–H and O–H groups in total. The molecule has 0 radical (unpaired) electrons. The van der Waals surface area contributed by atoms with E-state index in [2.05, 4.69) is 30.4 Å². The third-order valence-corrected chi connectivity index (χ3v) is 4.44. The molecule has 0 bridgehead atoms. The van der Waals surface area contributed by atoms with Gasteiger partial charge in [0.15, 0.2) is 10.2 Å². The highest BCUT2D eigenvalue weighted by atomic mass is 79.9. The van der Waals surface area contributed by atoms with Gasteiger partial charge in [-0.05, 0) is 36.7 Å². The minimum atomic E-state index is 0.0695. The lowest BCUT2D eigenvalue weighted by molar-refractivity contribution is 0.318. The molecule has 0 saturated heterocycles. The molecular weight excluding hydrogens is 336 g/mol. The van der Waals surface area contributed by atoms with E-state index in [0.717, 1.165) is 19.5 Å². The first-order valence-electron chi connectivity index (χ1n) is 4.86. The molecule has 18 heavy (non-hydrogen) atoms. The van der Waals surface area contributed by atoms with Gasteiger partial charge in [0.2, 0.25) is 0 Å². The second kappa shape index (κ2) is 5.68. The maximum atomic E-state index is 8.79. The van der Waals surface area contributed by atoms with Crippen molar-refractivity contribution in [2.75, 3.05) is 0 Å². The normalized spacial score (nSPS) is 11.8. The molecule has 2 aromatic rings. The van der Waals surface area contributed by atoms with E-state index < -0.39 is 0 Å². The number of amidine groups is 1. The first-order chi connectivity index (χ1) is 8.60. The fourth-order valence-corrected chi connectivity index (χ4v) is 3.35. The lowest BCUT2D eigenvalue weighted by atomic mass is 10.2. The zero-order valence-corrected chi connectivity index (χ0v) is 12.5. The molecule has 0 aliphatic carbocycles. The molecule has 0 fully saturated rings. The van der Waals surface area contributed by atoms with E-state index in [0.29, 0.717) is 5.56 Å². The second-order valence-corrected chi connectivity index (χ2v) is 6.29. The third-order valence-electron chi connectivity index (χ3n) is 2.03. The number of nitrogens with zero attached hydrogens (tertiary/aromatic N) is 3. The Balaban J connectivity index is 2.38. The Morgan fingerprint density at radius 1 is 1.56 bits per heavy atom. The number of rotatable bonds is 3. The third kappa shape index (κ3) is 3.01. The largest absolute Gasteiger partial charge is 0.409 e. The minimum Gasteiger partial charge on any atom is -0.409 e. The number of nitrogens with two attached hydrogens (primary N) is 1. The van der Waals surface area contributed by atoms with Crippen molar-refractivity contribution in [1.29, 1.82) is 0 Å². The van der Waals surface area contributed by atoms with Crippen molar-refractivity contribution in [2.24, 2.45) is 10.9 Å². The van der Waals surface area contributed by atoms with Crippen LogP contribution in [0.15, 0.2) is 37.1 Å². The molecule has 0 amide bonds. The predicted molar refractivity (Wildman–Crippen MR) is 75.4 cm³/mol. The summed E-state index contributed by atoms with van der Waals surface area (Å²) in [7, 11) is 0. The molecule has 0 unspecified atom stereocenters. The van der Waals surface area contributed by atoms with Crippen LogP contribution in [0.2, 0.25) is 0 Å². The summed E-state index contributed by atoms with van der Waals surface area (Å²) in [6.45, 7) is 1.84. The molecule has 1 heterocycles. The van der Waals surface area contributed by atoms with Crippen LogP contribution in [-0.4, -0.2) is 20.4 Å². The van der Waals surface area contributed by atoms with Gasteiger partial charge in [-0.25, -0.2) is 4.98 Å². The van der Waals surface area contributed by atoms with E-state index in [1.54, 1.807) is 6.07 Å². The zero-order valence-electron chi connectivity index (χ0n) is 9.29. The van der Waals surface area contributed by atoms with Crippen LogP contribution in [0.5, 0.6) is 0 Å². The molecule has 0 saturated carbocycles. The van der Waals surface area contributed by atoms with Crippen LogP contribution >= 0.6 is 39.2 Å². The Hall–Kier alpha value is -1.12. The van der Waals surface area contributed by atoms with Gasteiger partial charge in [-0.1, -0.05) is 32.8 Å². The highest BCUT2D eigenvalue weighted by Crippen LogP contribution is 2.32. The Kier molecular flexibility index (Phi) is 4.20. The van der Waals surface area contributed by atoms with Crippen LogP contribution in [-0.2, 0) is 0 Å². The monoisotopic (exact) mass is 344 g/mol. The number of hydrogen-bond acceptors (Lipinski definition) is 6. The number of aromatic nitrogens is 2. The Morgan fingerprint density at radius 3 is 2.94 bits per heavy atom. The van der Waals surface area contributed by atoms with Crippen molar-refractivity contribution in [1.82, 2.24) is 9.36 Å². The molecule has 94 valence electrons. The van der Waals surface area contributed by atoms with Crippen molar-refractivity contribution in [2.45, 2.75) is 16.2 Å². The van der Waals surface area contributed by atoms with Gasteiger partial charge in [0.05, 0.1) is 0 Å². The van der Waals surface area contributed by atoms with E-state index in [9.17, 15) is 0 Å². The highest BCUT2D eigenvalue weighted by Gasteiger charge is 2.11. The fraction of sp³-hybridized carbons (Fsp3) is 0.100. The molecule has 1 aromatic carbocycles. The Morgan fingerprint density at radius 2 is 2.33 bits per heavy atom. The van der Waals surface area contributed by atoms with Crippen LogP contribution in [0.1, 0.15) is 11.4 Å². The van der Waals surface area contributed by atoms with E-state index in [-0.39, 0.29) is 5.84 Å². The molecule has 1 aromatic heterocycles. The molecule has 0 atom stereocenters. The molecule has 0 spiro atoms. The highest BCUT2D eigenvalue weighted by molar-refractivity contribution is 9.10. The molecule has 0 aliphatic rings. The van der Waals surface area contributed by atoms with E-state index in [1.807, 2.05) is 19.1 Å². The van der Waals surface area contributed by atoms with Crippen molar-refractivity contribution in [3.05, 3.63) is 34.1 Å². The smallest absolute Gasteiger partial charge is 0.174 e. The van der Waals surface area contributed by atoms with Gasteiger partial charge in [-0.3, -0.25) is 0 Å². The summed E-state index contributed by atoms with van der Waals surface area (Å²) in [6, 6.07) is 5.58. The summed E-state index contributed by atoms with van der Waals surface area (Å²) < 4.78 is 5.80. The summed E-state index contributed by atoms with van der Waals surface area (Å²) in [4.78, 5) is 5.14. The number of aryl methyl sites for hydroxylation is 1. The van der Waals surface area contributed by atoms with Crippen molar-refractivity contribution in [3.8, 4) is 0 Å². The van der Waals surface area contributed by atoms with E-state index >= 15 is 0 Å². The number of hydrogen-bond donors (Lipinski definition) is 2. The van der Waals surface area contributed by atoms with Gasteiger partial charge < -0.3 is 10.9 Å². The average Bonchev–Trinajstić information content (AvgIpc) is 2.76. The minimum absolute atomic E-state index is 0.0695. The van der Waals surface area contributed by atoms with Gasteiger partial charge in [0, 0.05) is 14.9 Å². The van der Waals surface area contributed by atoms with Crippen LogP contribution < -0.4 is 5.73 Å². The van der Waals surface area contributed by atoms with Gasteiger partial charge in [-0.15, -0.1) is 0 Å². The van der Waals surface area contributed by atoms with Crippen molar-refractivity contribution in [3.63, 3.8) is 0 Å². The molecule has 0 aliphatic heterocycles. The topological polar surface area (TPSA) is 84.4 Å². The number of oxime groups is 1. The first kappa shape index (κ1) is 13.3. The Bertz CT molecular complexity index is 599. The van der Waals surface area contributed by atoms with Gasteiger partial charge >= 0.3 is 0 Å². The summed E-state index contributed by atoms with van der Waals surface area (Å²) in [5.41, 5.74) is 6.31. The number of benzene rings is 1. The Labute approximate surface area is 120 Å². The van der Waals surface area contributed by atoms with Crippen LogP contribution in [0, 0.1) is 6.92 Å². The van der Waals surface area contributed by atoms with Crippen LogP contribution in [0.25, 0.3) is 0 Å². The lowest BCUT2D eigenvalue weighted by Crippen LogP contribution is -2.14. The molecule has 5 nitrogen and oxygen atoms in total. The fourth-order valence-electron chi connectivity index (χ4n) is 1.26. The summed E-state index contributed by atoms with van der Waals surface area (Å²) in [5, 5.41) is 11.8. The summed E-state index contributed by atoms with van der Waals surface area (Å²) in [5.74, 6) is 0.810. The SMILES string of the molecule is Cc1nsc(Sc2ccc(Br)cc2/C(N)=N/O)n1. The van der Waals surface area contributed by atoms with Crippen molar-refractivity contribution < 1.29 is 5.21 Å². The standard InChI is InChI=1S/C10H9BrN4OS2/c1-5-13-10(18-15-5)17-8-3-2-6(11)4-7(8)9(12)14-16/h2-4,16H,1H3,(H2,12,14). The summed E-state index contributed by atoms with van der Waals surface area (Å²) >= 11 is 6.12. The lowest BCUT2D eigenvalue weighted by Gasteiger charge is -2.06. The molecule has 8 heteroatoms. The summed E-state index contributed by atoms with van der Waals surface area (Å²) in [6.07, 6.45) is 0. The first-order valence-corrected chi connectivity index (χ1v) is 7.24. The number of halogens is 1. The van der Waals surface area contributed by atoms with E-state index in [1.165, 1.54) is 23.3 Å². The maximum absolute atomic E-state index is 8.79. The quantitative estimate of drug-likeness (QED) is 0.387. The maximum Gasteiger partial charge on any atom is 0.174 e. The van der Waals surface area contributed by atoms with Gasteiger partial charge in [0.1, 0.15) is 5.82 Å². The molecule has 2 rings (SSSR count). The second-order valence-electron chi connectivity index (χ2n) is 3.34. The van der Waals surface area contributed by atoms with Crippen LogP contribution in [0.4, 0.5) is 0 Å². The van der Waals surface area contributed by atoms with Crippen molar-refractivity contribution >= 4 is 45.1 Å².